The molecule has 0 saturated carbocycles. The first-order valence-corrected chi connectivity index (χ1v) is 6.91. The lowest BCUT2D eigenvalue weighted by molar-refractivity contribution is -0.121. The summed E-state index contributed by atoms with van der Waals surface area (Å²) < 4.78 is 0. The summed E-state index contributed by atoms with van der Waals surface area (Å²) in [6.45, 7) is 7.69. The summed E-state index contributed by atoms with van der Waals surface area (Å²) in [6.07, 6.45) is 0. The van der Waals surface area contributed by atoms with E-state index in [4.69, 9.17) is 0 Å². The van der Waals surface area contributed by atoms with Gasteiger partial charge in [0, 0.05) is 26.2 Å². The van der Waals surface area contributed by atoms with Crippen LogP contribution < -0.4 is 5.32 Å². The molecule has 1 saturated heterocycles. The average molecular weight is 269 g/mol. The summed E-state index contributed by atoms with van der Waals surface area (Å²) in [4.78, 5) is 16.5. The molecule has 1 aromatic rings. The first kappa shape index (κ1) is 13.4. The van der Waals surface area contributed by atoms with Gasteiger partial charge in [-0.2, -0.15) is 0 Å². The zero-order valence-corrected chi connectivity index (χ0v) is 11.8. The van der Waals surface area contributed by atoms with Gasteiger partial charge in [-0.3, -0.25) is 15.0 Å². The lowest BCUT2D eigenvalue weighted by Gasteiger charge is -2.35. The molecule has 0 spiro atoms. The van der Waals surface area contributed by atoms with Crippen LogP contribution in [0.25, 0.3) is 0 Å². The number of piperazine rings is 1. The number of hydrogen-bond acceptors (Lipinski definition) is 6. The van der Waals surface area contributed by atoms with E-state index in [2.05, 4.69) is 32.4 Å². The Morgan fingerprint density at radius 1 is 1.33 bits per heavy atom. The van der Waals surface area contributed by atoms with Crippen molar-refractivity contribution < 1.29 is 4.79 Å². The van der Waals surface area contributed by atoms with Crippen molar-refractivity contribution in [2.24, 2.45) is 0 Å². The minimum Gasteiger partial charge on any atom is -0.304 e. The second-order valence-corrected chi connectivity index (χ2v) is 5.81. The Labute approximate surface area is 111 Å². The van der Waals surface area contributed by atoms with Gasteiger partial charge in [-0.15, -0.1) is 10.2 Å². The second-order valence-electron chi connectivity index (χ2n) is 4.63. The van der Waals surface area contributed by atoms with Gasteiger partial charge < -0.3 is 4.90 Å². The normalized spacial score (nSPS) is 19.7. The summed E-state index contributed by atoms with van der Waals surface area (Å²) in [5.41, 5.74) is 0. The van der Waals surface area contributed by atoms with Crippen molar-refractivity contribution in [1.82, 2.24) is 20.0 Å². The molecule has 6 nitrogen and oxygen atoms in total. The molecule has 1 amide bonds. The second kappa shape index (κ2) is 5.73. The SMILES string of the molecule is Cc1nnc(NC(=O)[C@H](C)N2CCN(C)CC2)s1. The molecule has 1 aromatic heterocycles. The van der Waals surface area contributed by atoms with E-state index < -0.39 is 0 Å². The smallest absolute Gasteiger partial charge is 0.243 e. The van der Waals surface area contributed by atoms with Gasteiger partial charge >= 0.3 is 0 Å². The molecule has 1 fully saturated rings. The van der Waals surface area contributed by atoms with E-state index in [1.807, 2.05) is 13.8 Å². The van der Waals surface area contributed by atoms with Crippen LogP contribution in [0, 0.1) is 6.92 Å². The van der Waals surface area contributed by atoms with Gasteiger partial charge in [0.05, 0.1) is 6.04 Å². The van der Waals surface area contributed by atoms with Crippen LogP contribution in [-0.2, 0) is 4.79 Å². The standard InChI is InChI=1S/C11H19N5OS/c1-8(16-6-4-15(3)5-7-16)10(17)12-11-14-13-9(2)18-11/h8H,4-7H2,1-3H3,(H,12,14,17)/t8-/m0/s1. The molecular formula is C11H19N5OS. The van der Waals surface area contributed by atoms with Crippen molar-refractivity contribution in [3.63, 3.8) is 0 Å². The summed E-state index contributed by atoms with van der Waals surface area (Å²) in [6, 6.07) is -0.122. The molecule has 2 rings (SSSR count). The fourth-order valence-corrected chi connectivity index (χ4v) is 2.53. The van der Waals surface area contributed by atoms with Crippen LogP contribution >= 0.6 is 11.3 Å². The fourth-order valence-electron chi connectivity index (χ4n) is 1.93. The minimum atomic E-state index is -0.122. The van der Waals surface area contributed by atoms with Crippen molar-refractivity contribution in [3.05, 3.63) is 5.01 Å². The molecule has 0 radical (unpaired) electrons. The van der Waals surface area contributed by atoms with Crippen molar-refractivity contribution in [2.45, 2.75) is 19.9 Å². The number of nitrogens with zero attached hydrogens (tertiary/aromatic N) is 4. The average Bonchev–Trinajstić information content (AvgIpc) is 2.75. The molecule has 1 atom stereocenters. The van der Waals surface area contributed by atoms with Gasteiger partial charge in [-0.05, 0) is 20.9 Å². The van der Waals surface area contributed by atoms with E-state index in [1.54, 1.807) is 0 Å². The quantitative estimate of drug-likeness (QED) is 0.862. The molecule has 2 heterocycles. The molecule has 0 aromatic carbocycles. The molecule has 100 valence electrons. The van der Waals surface area contributed by atoms with Crippen molar-refractivity contribution >= 4 is 22.4 Å². The van der Waals surface area contributed by atoms with Gasteiger partial charge in [0.25, 0.3) is 0 Å². The highest BCUT2D eigenvalue weighted by Crippen LogP contribution is 2.15. The van der Waals surface area contributed by atoms with Gasteiger partial charge in [0.15, 0.2) is 0 Å². The third-order valence-electron chi connectivity index (χ3n) is 3.22. The number of aromatic nitrogens is 2. The van der Waals surface area contributed by atoms with Crippen LogP contribution in [0.15, 0.2) is 0 Å². The maximum Gasteiger partial charge on any atom is 0.243 e. The predicted molar refractivity (Wildman–Crippen MR) is 71.8 cm³/mol. The maximum atomic E-state index is 12.1. The van der Waals surface area contributed by atoms with Gasteiger partial charge in [-0.25, -0.2) is 0 Å². The van der Waals surface area contributed by atoms with Crippen LogP contribution in [0.1, 0.15) is 11.9 Å². The molecule has 18 heavy (non-hydrogen) atoms. The highest BCUT2D eigenvalue weighted by Gasteiger charge is 2.24. The molecule has 1 aliphatic heterocycles. The molecule has 1 N–H and O–H groups in total. The lowest BCUT2D eigenvalue weighted by atomic mass is 10.2. The third-order valence-corrected chi connectivity index (χ3v) is 3.98. The highest BCUT2D eigenvalue weighted by molar-refractivity contribution is 7.15. The topological polar surface area (TPSA) is 61.4 Å². The first-order chi connectivity index (χ1) is 8.56. The van der Waals surface area contributed by atoms with Gasteiger partial charge in [-0.1, -0.05) is 11.3 Å². The van der Waals surface area contributed by atoms with E-state index >= 15 is 0 Å². The predicted octanol–water partition coefficient (Wildman–Crippen LogP) is 0.421. The summed E-state index contributed by atoms with van der Waals surface area (Å²) in [7, 11) is 2.10. The van der Waals surface area contributed by atoms with E-state index in [-0.39, 0.29) is 11.9 Å². The van der Waals surface area contributed by atoms with E-state index in [1.165, 1.54) is 11.3 Å². The van der Waals surface area contributed by atoms with E-state index in [0.29, 0.717) is 5.13 Å². The van der Waals surface area contributed by atoms with Crippen LogP contribution in [0.4, 0.5) is 5.13 Å². The fraction of sp³-hybridized carbons (Fsp3) is 0.727. The number of carbonyl (C=O) groups excluding carboxylic acids is 1. The Kier molecular flexibility index (Phi) is 4.26. The monoisotopic (exact) mass is 269 g/mol. The number of hydrogen-bond donors (Lipinski definition) is 1. The van der Waals surface area contributed by atoms with Crippen LogP contribution in [0.2, 0.25) is 0 Å². The highest BCUT2D eigenvalue weighted by atomic mass is 32.1. The maximum absolute atomic E-state index is 12.1. The number of aryl methyl sites for hydroxylation is 1. The largest absolute Gasteiger partial charge is 0.304 e. The molecule has 0 aliphatic carbocycles. The minimum absolute atomic E-state index is 0.00398. The number of anilines is 1. The number of likely N-dealkylation sites (N-methyl/N-ethyl adjacent to an activating group) is 1. The summed E-state index contributed by atoms with van der Waals surface area (Å²) in [5, 5.41) is 12.1. The van der Waals surface area contributed by atoms with Crippen LogP contribution in [-0.4, -0.2) is 65.2 Å². The van der Waals surface area contributed by atoms with Crippen LogP contribution in [0.5, 0.6) is 0 Å². The van der Waals surface area contributed by atoms with Crippen LogP contribution in [0.3, 0.4) is 0 Å². The number of carbonyl (C=O) groups is 1. The third kappa shape index (κ3) is 3.24. The van der Waals surface area contributed by atoms with Gasteiger partial charge in [0.2, 0.25) is 11.0 Å². The first-order valence-electron chi connectivity index (χ1n) is 6.10. The molecule has 7 heteroatoms. The van der Waals surface area contributed by atoms with Gasteiger partial charge in [0.1, 0.15) is 5.01 Å². The van der Waals surface area contributed by atoms with Crippen molar-refractivity contribution in [2.75, 3.05) is 38.5 Å². The molecule has 0 unspecified atom stereocenters. The van der Waals surface area contributed by atoms with E-state index in [9.17, 15) is 4.79 Å². The Balaban J connectivity index is 1.88. The molecular weight excluding hydrogens is 250 g/mol. The zero-order chi connectivity index (χ0) is 13.1. The number of amides is 1. The van der Waals surface area contributed by atoms with E-state index in [0.717, 1.165) is 31.2 Å². The Morgan fingerprint density at radius 3 is 2.56 bits per heavy atom. The zero-order valence-electron chi connectivity index (χ0n) is 11.0. The van der Waals surface area contributed by atoms with Crippen molar-refractivity contribution in [1.29, 1.82) is 0 Å². The molecule has 1 aliphatic rings. The number of rotatable bonds is 3. The van der Waals surface area contributed by atoms with Crippen molar-refractivity contribution in [3.8, 4) is 0 Å². The lowest BCUT2D eigenvalue weighted by Crippen LogP contribution is -2.51. The summed E-state index contributed by atoms with van der Waals surface area (Å²) in [5.74, 6) is -0.00398. The Bertz CT molecular complexity index is 413. The Hall–Kier alpha value is -1.05. The number of nitrogens with one attached hydrogen (secondary N) is 1. The molecule has 0 bridgehead atoms. The summed E-state index contributed by atoms with van der Waals surface area (Å²) >= 11 is 1.40. The Morgan fingerprint density at radius 2 is 2.00 bits per heavy atom.